The van der Waals surface area contributed by atoms with Crippen molar-refractivity contribution in [2.24, 2.45) is 0 Å². The summed E-state index contributed by atoms with van der Waals surface area (Å²) in [5, 5.41) is 13.2. The van der Waals surface area contributed by atoms with Gasteiger partial charge in [-0.1, -0.05) is 19.1 Å². The summed E-state index contributed by atoms with van der Waals surface area (Å²) in [4.78, 5) is 26.1. The summed E-state index contributed by atoms with van der Waals surface area (Å²) in [6.07, 6.45) is 0.763. The fourth-order valence-corrected chi connectivity index (χ4v) is 3.21. The lowest BCUT2D eigenvalue weighted by Crippen LogP contribution is -2.31. The normalized spacial score (nSPS) is 14.5. The van der Waals surface area contributed by atoms with Crippen LogP contribution in [0.25, 0.3) is 11.0 Å². The number of aryl methyl sites for hydroxylation is 2. The number of β-amino-alcohol motifs (C(OH)–C–C–N with tert-alkyl or cyclic N) is 1. The van der Waals surface area contributed by atoms with E-state index in [0.29, 0.717) is 11.3 Å². The Morgan fingerprint density at radius 1 is 1.42 bits per heavy atom. The van der Waals surface area contributed by atoms with Crippen molar-refractivity contribution in [1.29, 1.82) is 0 Å². The van der Waals surface area contributed by atoms with E-state index in [1.54, 1.807) is 6.07 Å². The molecule has 0 unspecified atom stereocenters. The number of anilines is 1. The Morgan fingerprint density at radius 2 is 2.19 bits per heavy atom. The molecule has 7 nitrogen and oxygen atoms in total. The van der Waals surface area contributed by atoms with E-state index in [9.17, 15) is 9.59 Å². The maximum Gasteiger partial charge on any atom is 0.337 e. The van der Waals surface area contributed by atoms with E-state index >= 15 is 0 Å². The fraction of sp³-hybridized carbons (Fsp3) is 0.368. The number of nitrogens with zero attached hydrogens (tertiary/aromatic N) is 1. The third-order valence-corrected chi connectivity index (χ3v) is 4.60. The number of benzene rings is 1. The van der Waals surface area contributed by atoms with Crippen LogP contribution in [0.5, 0.6) is 0 Å². The number of esters is 1. The number of aliphatic hydroxyl groups excluding tert-OH is 1. The molecule has 1 aliphatic heterocycles. The molecule has 0 saturated carbocycles. The molecule has 0 saturated heterocycles. The number of hydrogen-bond donors (Lipinski definition) is 2. The highest BCUT2D eigenvalue weighted by molar-refractivity contribution is 6.09. The Bertz CT molecular complexity index is 897. The van der Waals surface area contributed by atoms with Crippen molar-refractivity contribution >= 4 is 28.5 Å². The Kier molecular flexibility index (Phi) is 4.99. The second kappa shape index (κ2) is 7.21. The van der Waals surface area contributed by atoms with E-state index in [1.807, 2.05) is 26.0 Å². The molecule has 7 heteroatoms. The minimum absolute atomic E-state index is 0.0990. The summed E-state index contributed by atoms with van der Waals surface area (Å²) in [6.45, 7) is 4.08. The number of furan rings is 1. The van der Waals surface area contributed by atoms with Crippen molar-refractivity contribution in [2.75, 3.05) is 32.1 Å². The van der Waals surface area contributed by atoms with Gasteiger partial charge in [0.1, 0.15) is 11.5 Å². The van der Waals surface area contributed by atoms with Crippen molar-refractivity contribution in [2.45, 2.75) is 20.3 Å². The first-order chi connectivity index (χ1) is 12.5. The van der Waals surface area contributed by atoms with Gasteiger partial charge in [0.2, 0.25) is 0 Å². The average molecular weight is 358 g/mol. The minimum atomic E-state index is -0.571. The first kappa shape index (κ1) is 18.0. The van der Waals surface area contributed by atoms with Gasteiger partial charge in [-0.05, 0) is 18.6 Å². The van der Waals surface area contributed by atoms with Crippen molar-refractivity contribution < 1.29 is 23.8 Å². The van der Waals surface area contributed by atoms with Crippen molar-refractivity contribution in [3.63, 3.8) is 0 Å². The van der Waals surface area contributed by atoms with Gasteiger partial charge in [0.05, 0.1) is 31.5 Å². The molecule has 0 fully saturated rings. The second-order valence-corrected chi connectivity index (χ2v) is 6.11. The van der Waals surface area contributed by atoms with Gasteiger partial charge < -0.3 is 24.5 Å². The fourth-order valence-electron chi connectivity index (χ4n) is 3.21. The molecular formula is C19H22N2O5. The quantitative estimate of drug-likeness (QED) is 0.767. The zero-order chi connectivity index (χ0) is 18.8. The molecule has 0 aliphatic carbocycles. The van der Waals surface area contributed by atoms with Crippen LogP contribution in [0.15, 0.2) is 33.9 Å². The van der Waals surface area contributed by atoms with Crippen LogP contribution in [0, 0.1) is 6.92 Å². The number of ether oxygens (including phenoxy) is 1. The molecule has 1 aliphatic rings. The number of aliphatic hydroxyl groups is 1. The molecule has 0 atom stereocenters. The van der Waals surface area contributed by atoms with Crippen molar-refractivity contribution in [1.82, 2.24) is 4.90 Å². The standard InChI is InChI=1S/C19H22N2O5/c1-4-15-11(2)12-6-5-7-14(17(12)26-15)20-16-13(19(24)25-3)10-21(8-9-22)18(16)23/h5-7,20,22H,4,8-10H2,1-3H3. The maximum absolute atomic E-state index is 12.7. The van der Waals surface area contributed by atoms with Gasteiger partial charge in [-0.3, -0.25) is 4.79 Å². The smallest absolute Gasteiger partial charge is 0.337 e. The van der Waals surface area contributed by atoms with Gasteiger partial charge in [-0.25, -0.2) is 4.79 Å². The van der Waals surface area contributed by atoms with Crippen LogP contribution in [0.3, 0.4) is 0 Å². The van der Waals surface area contributed by atoms with Gasteiger partial charge in [0.15, 0.2) is 5.58 Å². The molecule has 0 radical (unpaired) electrons. The minimum Gasteiger partial charge on any atom is -0.466 e. The molecule has 26 heavy (non-hydrogen) atoms. The summed E-state index contributed by atoms with van der Waals surface area (Å²) < 4.78 is 10.8. The largest absolute Gasteiger partial charge is 0.466 e. The van der Waals surface area contributed by atoms with E-state index in [0.717, 1.165) is 23.1 Å². The Hall–Kier alpha value is -2.80. The molecule has 2 N–H and O–H groups in total. The average Bonchev–Trinajstić information content (AvgIpc) is 3.14. The maximum atomic E-state index is 12.7. The number of carbonyl (C=O) groups excluding carboxylic acids is 2. The van der Waals surface area contributed by atoms with Crippen LogP contribution in [0.4, 0.5) is 5.69 Å². The number of rotatable bonds is 6. The van der Waals surface area contributed by atoms with Crippen LogP contribution in [-0.4, -0.2) is 48.7 Å². The Balaban J connectivity index is 2.04. The molecule has 0 bridgehead atoms. The number of hydrogen-bond acceptors (Lipinski definition) is 6. The monoisotopic (exact) mass is 358 g/mol. The van der Waals surface area contributed by atoms with Crippen LogP contribution in [0.1, 0.15) is 18.2 Å². The molecule has 1 aromatic heterocycles. The van der Waals surface area contributed by atoms with Gasteiger partial charge >= 0.3 is 5.97 Å². The van der Waals surface area contributed by atoms with Crippen LogP contribution < -0.4 is 5.32 Å². The SMILES string of the molecule is CCc1oc2c(NC3=C(C(=O)OC)CN(CCO)C3=O)cccc2c1C. The number of methoxy groups -OCH3 is 1. The molecule has 1 aromatic carbocycles. The Morgan fingerprint density at radius 3 is 2.85 bits per heavy atom. The third kappa shape index (κ3) is 2.94. The highest BCUT2D eigenvalue weighted by Gasteiger charge is 2.34. The number of fused-ring (bicyclic) bond motifs is 1. The second-order valence-electron chi connectivity index (χ2n) is 6.11. The molecule has 2 heterocycles. The molecule has 2 aromatic rings. The van der Waals surface area contributed by atoms with Gasteiger partial charge in [0, 0.05) is 18.4 Å². The van der Waals surface area contributed by atoms with E-state index < -0.39 is 5.97 Å². The first-order valence-corrected chi connectivity index (χ1v) is 8.51. The molecule has 3 rings (SSSR count). The number of amides is 1. The van der Waals surface area contributed by atoms with Crippen LogP contribution in [0.2, 0.25) is 0 Å². The van der Waals surface area contributed by atoms with Gasteiger partial charge in [-0.2, -0.15) is 0 Å². The van der Waals surface area contributed by atoms with Crippen LogP contribution in [-0.2, 0) is 20.7 Å². The van der Waals surface area contributed by atoms with E-state index in [4.69, 9.17) is 14.3 Å². The van der Waals surface area contributed by atoms with Crippen molar-refractivity contribution in [3.8, 4) is 0 Å². The lowest BCUT2D eigenvalue weighted by atomic mass is 10.1. The number of carbonyl (C=O) groups is 2. The summed E-state index contributed by atoms with van der Waals surface area (Å²) in [5.41, 5.74) is 2.72. The van der Waals surface area contributed by atoms with E-state index in [2.05, 4.69) is 5.32 Å². The predicted molar refractivity (Wildman–Crippen MR) is 96.7 cm³/mol. The highest BCUT2D eigenvalue weighted by Crippen LogP contribution is 2.33. The summed E-state index contributed by atoms with van der Waals surface area (Å²) in [7, 11) is 1.27. The van der Waals surface area contributed by atoms with E-state index in [-0.39, 0.29) is 36.9 Å². The zero-order valence-corrected chi connectivity index (χ0v) is 15.1. The van der Waals surface area contributed by atoms with Gasteiger partial charge in [-0.15, -0.1) is 0 Å². The third-order valence-electron chi connectivity index (χ3n) is 4.60. The molecule has 0 spiro atoms. The van der Waals surface area contributed by atoms with Crippen LogP contribution >= 0.6 is 0 Å². The summed E-state index contributed by atoms with van der Waals surface area (Å²) >= 11 is 0. The number of para-hydroxylation sites is 1. The molecule has 1 amide bonds. The topological polar surface area (TPSA) is 92.0 Å². The lowest BCUT2D eigenvalue weighted by molar-refractivity contribution is -0.136. The summed E-state index contributed by atoms with van der Waals surface area (Å²) in [6, 6.07) is 5.63. The molecule has 138 valence electrons. The molecular weight excluding hydrogens is 336 g/mol. The lowest BCUT2D eigenvalue weighted by Gasteiger charge is -2.15. The van der Waals surface area contributed by atoms with Gasteiger partial charge in [0.25, 0.3) is 5.91 Å². The first-order valence-electron chi connectivity index (χ1n) is 8.51. The van der Waals surface area contributed by atoms with Crippen molar-refractivity contribution in [3.05, 3.63) is 40.8 Å². The number of nitrogens with one attached hydrogen (secondary N) is 1. The summed E-state index contributed by atoms with van der Waals surface area (Å²) in [5.74, 6) is -0.0372. The highest BCUT2D eigenvalue weighted by atomic mass is 16.5. The predicted octanol–water partition coefficient (Wildman–Crippen LogP) is 1.98. The van der Waals surface area contributed by atoms with E-state index in [1.165, 1.54) is 12.0 Å². The Labute approximate surface area is 151 Å². The zero-order valence-electron chi connectivity index (χ0n) is 15.1.